The van der Waals surface area contributed by atoms with E-state index < -0.39 is 8.32 Å². The van der Waals surface area contributed by atoms with E-state index in [0.29, 0.717) is 24.8 Å². The van der Waals surface area contributed by atoms with E-state index >= 15 is 0 Å². The van der Waals surface area contributed by atoms with Crippen LogP contribution < -0.4 is 0 Å². The molecule has 2 aromatic rings. The summed E-state index contributed by atoms with van der Waals surface area (Å²) < 4.78 is 6.33. The SMILES string of the molecule is Cc1ccc(-n2nccn2)c(C(=O)N(CCO[Si](C)(C)C(C)(C)C)C2CC2)c1. The summed E-state index contributed by atoms with van der Waals surface area (Å²) in [7, 11) is -1.83. The predicted molar refractivity (Wildman–Crippen MR) is 113 cm³/mol. The van der Waals surface area contributed by atoms with E-state index in [2.05, 4.69) is 44.1 Å². The van der Waals surface area contributed by atoms with Crippen molar-refractivity contribution < 1.29 is 9.22 Å². The summed E-state index contributed by atoms with van der Waals surface area (Å²) in [6.07, 6.45) is 5.37. The van der Waals surface area contributed by atoms with Gasteiger partial charge in [-0.2, -0.15) is 15.0 Å². The number of hydrogen-bond donors (Lipinski definition) is 0. The second-order valence-corrected chi connectivity index (χ2v) is 14.0. The Kier molecular flexibility index (Phi) is 5.77. The fourth-order valence-electron chi connectivity index (χ4n) is 2.94. The Morgan fingerprint density at radius 3 is 2.46 bits per heavy atom. The van der Waals surface area contributed by atoms with Crippen LogP contribution in [0, 0.1) is 6.92 Å². The minimum absolute atomic E-state index is 0.0392. The maximum absolute atomic E-state index is 13.5. The Balaban J connectivity index is 1.79. The summed E-state index contributed by atoms with van der Waals surface area (Å²) in [5.74, 6) is 0.0392. The minimum Gasteiger partial charge on any atom is -0.415 e. The normalized spacial score (nSPS) is 14.9. The summed E-state index contributed by atoms with van der Waals surface area (Å²) in [4.78, 5) is 17.0. The van der Waals surface area contributed by atoms with E-state index in [9.17, 15) is 4.79 Å². The molecule has 7 heteroatoms. The van der Waals surface area contributed by atoms with Gasteiger partial charge in [-0.05, 0) is 50.0 Å². The number of aromatic nitrogens is 3. The van der Waals surface area contributed by atoms with E-state index in [4.69, 9.17) is 4.43 Å². The van der Waals surface area contributed by atoms with E-state index in [1.807, 2.05) is 30.0 Å². The molecule has 0 aliphatic heterocycles. The standard InChI is InChI=1S/C21H32N4O2Si/c1-16-7-10-19(25-22-11-12-23-25)18(15-16)20(26)24(17-8-9-17)13-14-27-28(5,6)21(2,3)4/h7,10-12,15,17H,8-9,13-14H2,1-6H3. The zero-order valence-corrected chi connectivity index (χ0v) is 18.9. The largest absolute Gasteiger partial charge is 0.415 e. The molecular weight excluding hydrogens is 368 g/mol. The summed E-state index contributed by atoms with van der Waals surface area (Å²) in [6, 6.07) is 6.15. The fourth-order valence-corrected chi connectivity index (χ4v) is 3.98. The van der Waals surface area contributed by atoms with Gasteiger partial charge in [0.15, 0.2) is 8.32 Å². The quantitative estimate of drug-likeness (QED) is 0.654. The lowest BCUT2D eigenvalue weighted by Gasteiger charge is -2.37. The number of aryl methyl sites for hydroxylation is 1. The lowest BCUT2D eigenvalue weighted by molar-refractivity contribution is 0.0711. The van der Waals surface area contributed by atoms with Crippen molar-refractivity contribution in [3.05, 3.63) is 41.7 Å². The first-order chi connectivity index (χ1) is 13.1. The van der Waals surface area contributed by atoms with Crippen molar-refractivity contribution in [1.29, 1.82) is 0 Å². The molecule has 0 unspecified atom stereocenters. The molecule has 0 bridgehead atoms. The molecule has 1 aromatic heterocycles. The van der Waals surface area contributed by atoms with Crippen molar-refractivity contribution in [3.63, 3.8) is 0 Å². The van der Waals surface area contributed by atoms with Crippen molar-refractivity contribution in [2.45, 2.75) is 64.7 Å². The van der Waals surface area contributed by atoms with Crippen molar-refractivity contribution in [3.8, 4) is 5.69 Å². The number of carbonyl (C=O) groups excluding carboxylic acids is 1. The van der Waals surface area contributed by atoms with Crippen LogP contribution in [0.2, 0.25) is 18.1 Å². The molecule has 1 fully saturated rings. The predicted octanol–water partition coefficient (Wildman–Crippen LogP) is 4.20. The first-order valence-electron chi connectivity index (χ1n) is 10.0. The van der Waals surface area contributed by atoms with Crippen LogP contribution in [0.1, 0.15) is 49.5 Å². The van der Waals surface area contributed by atoms with Gasteiger partial charge in [0, 0.05) is 12.6 Å². The Morgan fingerprint density at radius 2 is 1.89 bits per heavy atom. The van der Waals surface area contributed by atoms with Gasteiger partial charge in [-0.3, -0.25) is 4.79 Å². The maximum atomic E-state index is 13.5. The molecule has 3 rings (SSSR count). The van der Waals surface area contributed by atoms with Crippen LogP contribution in [-0.2, 0) is 4.43 Å². The van der Waals surface area contributed by atoms with Gasteiger partial charge < -0.3 is 9.33 Å². The summed E-state index contributed by atoms with van der Waals surface area (Å²) in [5, 5.41) is 8.60. The van der Waals surface area contributed by atoms with Crippen molar-refractivity contribution >= 4 is 14.2 Å². The van der Waals surface area contributed by atoms with Gasteiger partial charge in [-0.1, -0.05) is 32.4 Å². The van der Waals surface area contributed by atoms with Gasteiger partial charge in [0.1, 0.15) is 0 Å². The van der Waals surface area contributed by atoms with Crippen LogP contribution in [-0.4, -0.2) is 53.3 Å². The van der Waals surface area contributed by atoms with Gasteiger partial charge in [0.25, 0.3) is 5.91 Å². The number of rotatable bonds is 7. The molecule has 1 aliphatic rings. The zero-order chi connectivity index (χ0) is 20.5. The highest BCUT2D eigenvalue weighted by Crippen LogP contribution is 2.36. The fraction of sp³-hybridized carbons (Fsp3) is 0.571. The molecule has 0 spiro atoms. The monoisotopic (exact) mass is 400 g/mol. The van der Waals surface area contributed by atoms with Gasteiger partial charge in [-0.25, -0.2) is 0 Å². The molecule has 0 atom stereocenters. The number of nitrogens with zero attached hydrogens (tertiary/aromatic N) is 4. The van der Waals surface area contributed by atoms with Gasteiger partial charge >= 0.3 is 0 Å². The lowest BCUT2D eigenvalue weighted by atomic mass is 10.1. The van der Waals surface area contributed by atoms with Gasteiger partial charge in [0.2, 0.25) is 0 Å². The minimum atomic E-state index is -1.83. The molecule has 1 amide bonds. The first-order valence-corrected chi connectivity index (χ1v) is 12.9. The maximum Gasteiger partial charge on any atom is 0.256 e. The number of amides is 1. The van der Waals surface area contributed by atoms with Crippen LogP contribution in [0.4, 0.5) is 0 Å². The third-order valence-corrected chi connectivity index (χ3v) is 10.4. The molecule has 28 heavy (non-hydrogen) atoms. The average Bonchev–Trinajstić information content (AvgIpc) is 3.30. The average molecular weight is 401 g/mol. The third kappa shape index (κ3) is 4.52. The van der Waals surface area contributed by atoms with Crippen molar-refractivity contribution in [2.24, 2.45) is 0 Å². The van der Waals surface area contributed by atoms with Crippen molar-refractivity contribution in [2.75, 3.05) is 13.2 Å². The van der Waals surface area contributed by atoms with E-state index in [0.717, 1.165) is 24.1 Å². The van der Waals surface area contributed by atoms with Crippen LogP contribution in [0.15, 0.2) is 30.6 Å². The van der Waals surface area contributed by atoms with Gasteiger partial charge in [0.05, 0.1) is 30.3 Å². The summed E-state index contributed by atoms with van der Waals surface area (Å²) in [6.45, 7) is 14.4. The molecule has 1 aliphatic carbocycles. The smallest absolute Gasteiger partial charge is 0.256 e. The van der Waals surface area contributed by atoms with Gasteiger partial charge in [-0.15, -0.1) is 0 Å². The van der Waals surface area contributed by atoms with Crippen LogP contribution in [0.5, 0.6) is 0 Å². The second kappa shape index (κ2) is 7.79. The molecule has 0 N–H and O–H groups in total. The molecule has 0 radical (unpaired) electrons. The number of benzene rings is 1. The van der Waals surface area contributed by atoms with Crippen LogP contribution >= 0.6 is 0 Å². The second-order valence-electron chi connectivity index (χ2n) is 9.18. The number of carbonyl (C=O) groups is 1. The zero-order valence-electron chi connectivity index (χ0n) is 17.9. The molecule has 1 aromatic carbocycles. The highest BCUT2D eigenvalue weighted by Gasteiger charge is 2.38. The topological polar surface area (TPSA) is 60.2 Å². The Bertz CT molecular complexity index is 823. The lowest BCUT2D eigenvalue weighted by Crippen LogP contribution is -2.44. The molecule has 6 nitrogen and oxygen atoms in total. The summed E-state index contributed by atoms with van der Waals surface area (Å²) in [5.41, 5.74) is 2.42. The molecule has 152 valence electrons. The Morgan fingerprint density at radius 1 is 1.25 bits per heavy atom. The Labute approximate surface area is 169 Å². The molecule has 0 saturated heterocycles. The van der Waals surface area contributed by atoms with Crippen LogP contribution in [0.3, 0.4) is 0 Å². The molecule has 1 saturated carbocycles. The number of hydrogen-bond acceptors (Lipinski definition) is 4. The van der Waals surface area contributed by atoms with Crippen LogP contribution in [0.25, 0.3) is 5.69 Å². The van der Waals surface area contributed by atoms with E-state index in [1.165, 1.54) is 4.80 Å². The van der Waals surface area contributed by atoms with E-state index in [-0.39, 0.29) is 10.9 Å². The summed E-state index contributed by atoms with van der Waals surface area (Å²) >= 11 is 0. The molecular formula is C21H32N4O2Si. The first kappa shape index (κ1) is 20.7. The Hall–Kier alpha value is -1.99. The third-order valence-electron chi connectivity index (χ3n) is 5.87. The van der Waals surface area contributed by atoms with Crippen molar-refractivity contribution in [1.82, 2.24) is 19.9 Å². The van der Waals surface area contributed by atoms with E-state index in [1.54, 1.807) is 12.4 Å². The highest BCUT2D eigenvalue weighted by atomic mass is 28.4. The highest BCUT2D eigenvalue weighted by molar-refractivity contribution is 6.74. The molecule has 1 heterocycles.